The molecular weight excluding hydrogens is 391 g/mol. The van der Waals surface area contributed by atoms with E-state index in [1.165, 1.54) is 11.6 Å². The Hall–Kier alpha value is -2.89. The Bertz CT molecular complexity index is 1010. The SMILES string of the molecule is C=C(NC)[C@@H](NC(=O)c1nc(-c2ccccc2F)n2c1CC=C(C)CCC2)C(C)(C)C. The largest absolute Gasteiger partial charge is 0.390 e. The second kappa shape index (κ2) is 9.08. The third-order valence-electron chi connectivity index (χ3n) is 5.81. The molecule has 0 bridgehead atoms. The van der Waals surface area contributed by atoms with Gasteiger partial charge < -0.3 is 15.2 Å². The van der Waals surface area contributed by atoms with Crippen molar-refractivity contribution in [1.82, 2.24) is 20.2 Å². The maximum atomic E-state index is 14.6. The van der Waals surface area contributed by atoms with Crippen molar-refractivity contribution < 1.29 is 9.18 Å². The molecule has 1 atom stereocenters. The fourth-order valence-corrected chi connectivity index (χ4v) is 4.02. The number of aromatic nitrogens is 2. The average molecular weight is 425 g/mol. The monoisotopic (exact) mass is 424 g/mol. The first-order valence-corrected chi connectivity index (χ1v) is 10.8. The molecule has 0 fully saturated rings. The summed E-state index contributed by atoms with van der Waals surface area (Å²) in [6.07, 6.45) is 4.62. The molecule has 1 aliphatic heterocycles. The highest BCUT2D eigenvalue weighted by Crippen LogP contribution is 2.29. The van der Waals surface area contributed by atoms with Gasteiger partial charge in [-0.15, -0.1) is 0 Å². The van der Waals surface area contributed by atoms with Crippen LogP contribution < -0.4 is 10.6 Å². The molecule has 6 heteroatoms. The van der Waals surface area contributed by atoms with E-state index in [-0.39, 0.29) is 23.2 Å². The van der Waals surface area contributed by atoms with Gasteiger partial charge in [-0.2, -0.15) is 0 Å². The maximum Gasteiger partial charge on any atom is 0.272 e. The fraction of sp³-hybridized carbons (Fsp3) is 0.440. The minimum absolute atomic E-state index is 0.241. The van der Waals surface area contributed by atoms with Gasteiger partial charge in [-0.25, -0.2) is 9.37 Å². The van der Waals surface area contributed by atoms with Gasteiger partial charge >= 0.3 is 0 Å². The summed E-state index contributed by atoms with van der Waals surface area (Å²) in [4.78, 5) is 18.1. The number of nitrogens with one attached hydrogen (secondary N) is 2. The molecule has 1 amide bonds. The predicted octanol–water partition coefficient (Wildman–Crippen LogP) is 4.85. The van der Waals surface area contributed by atoms with E-state index in [0.717, 1.165) is 24.2 Å². The molecule has 5 nitrogen and oxygen atoms in total. The number of nitrogens with zero attached hydrogens (tertiary/aromatic N) is 2. The third kappa shape index (κ3) is 4.89. The van der Waals surface area contributed by atoms with Crippen LogP contribution in [0, 0.1) is 11.2 Å². The van der Waals surface area contributed by atoms with Crippen LogP contribution in [-0.4, -0.2) is 28.5 Å². The molecule has 0 aliphatic carbocycles. The number of hydrogen-bond donors (Lipinski definition) is 2. The summed E-state index contributed by atoms with van der Waals surface area (Å²) >= 11 is 0. The molecular formula is C25H33FN4O. The van der Waals surface area contributed by atoms with Crippen molar-refractivity contribution >= 4 is 5.91 Å². The summed E-state index contributed by atoms with van der Waals surface area (Å²) in [5.41, 5.74) is 3.36. The first kappa shape index (κ1) is 22.8. The molecule has 2 N–H and O–H groups in total. The number of rotatable bonds is 5. The van der Waals surface area contributed by atoms with Crippen LogP contribution in [0.4, 0.5) is 4.39 Å². The predicted molar refractivity (Wildman–Crippen MR) is 123 cm³/mol. The lowest BCUT2D eigenvalue weighted by Gasteiger charge is -2.32. The van der Waals surface area contributed by atoms with Crippen molar-refractivity contribution in [3.8, 4) is 11.4 Å². The van der Waals surface area contributed by atoms with Crippen molar-refractivity contribution in [2.45, 2.75) is 59.5 Å². The van der Waals surface area contributed by atoms with Crippen molar-refractivity contribution in [2.24, 2.45) is 5.41 Å². The van der Waals surface area contributed by atoms with Gasteiger partial charge in [0.05, 0.1) is 17.3 Å². The molecule has 31 heavy (non-hydrogen) atoms. The molecule has 0 unspecified atom stereocenters. The number of imidazole rings is 1. The van der Waals surface area contributed by atoms with E-state index in [0.29, 0.717) is 30.0 Å². The van der Waals surface area contributed by atoms with Crippen LogP contribution in [0.2, 0.25) is 0 Å². The number of benzene rings is 1. The second-order valence-electron chi connectivity index (χ2n) is 9.27. The van der Waals surface area contributed by atoms with Gasteiger partial charge in [0.1, 0.15) is 17.3 Å². The van der Waals surface area contributed by atoms with Crippen LogP contribution in [-0.2, 0) is 13.0 Å². The zero-order valence-corrected chi connectivity index (χ0v) is 19.2. The molecule has 1 aromatic heterocycles. The highest BCUT2D eigenvalue weighted by atomic mass is 19.1. The number of carbonyl (C=O) groups is 1. The summed E-state index contributed by atoms with van der Waals surface area (Å²) in [5, 5.41) is 6.17. The minimum Gasteiger partial charge on any atom is -0.390 e. The van der Waals surface area contributed by atoms with E-state index in [4.69, 9.17) is 0 Å². The van der Waals surface area contributed by atoms with Gasteiger partial charge in [0.2, 0.25) is 0 Å². The Balaban J connectivity index is 2.09. The van der Waals surface area contributed by atoms with Crippen LogP contribution >= 0.6 is 0 Å². The lowest BCUT2D eigenvalue weighted by Crippen LogP contribution is -2.47. The minimum atomic E-state index is -0.341. The van der Waals surface area contributed by atoms with Crippen molar-refractivity contribution in [3.63, 3.8) is 0 Å². The van der Waals surface area contributed by atoms with Gasteiger partial charge in [0.15, 0.2) is 0 Å². The van der Waals surface area contributed by atoms with Gasteiger partial charge in [-0.05, 0) is 37.3 Å². The molecule has 1 aromatic carbocycles. The smallest absolute Gasteiger partial charge is 0.272 e. The van der Waals surface area contributed by atoms with E-state index in [1.54, 1.807) is 25.2 Å². The standard InChI is InChI=1S/C25H33FN4O/c1-16-10-9-15-30-20(14-13-16)21(28-23(30)18-11-7-8-12-19(18)26)24(31)29-22(17(2)27-6)25(3,4)5/h7-8,11-13,22,27H,2,9-10,14-15H2,1,3-6H3,(H,29,31)/t22-/m1/s1. The molecule has 0 saturated heterocycles. The number of likely N-dealkylation sites (N-methyl/N-ethyl adjacent to an activating group) is 1. The van der Waals surface area contributed by atoms with Crippen LogP contribution in [0.3, 0.4) is 0 Å². The number of halogens is 1. The summed E-state index contributed by atoms with van der Waals surface area (Å²) in [7, 11) is 1.79. The normalized spacial score (nSPS) is 15.2. The van der Waals surface area contributed by atoms with Crippen molar-refractivity contribution in [2.75, 3.05) is 7.05 Å². The first-order valence-electron chi connectivity index (χ1n) is 10.8. The summed E-state index contributed by atoms with van der Waals surface area (Å²) in [6.45, 7) is 13.0. The van der Waals surface area contributed by atoms with E-state index in [2.05, 4.69) is 56.0 Å². The van der Waals surface area contributed by atoms with Gasteiger partial charge in [-0.3, -0.25) is 4.79 Å². The van der Waals surface area contributed by atoms with E-state index < -0.39 is 0 Å². The quantitative estimate of drug-likeness (QED) is 0.675. The van der Waals surface area contributed by atoms with E-state index in [1.807, 2.05) is 4.57 Å². The Kier molecular flexibility index (Phi) is 6.68. The highest BCUT2D eigenvalue weighted by Gasteiger charge is 2.31. The second-order valence-corrected chi connectivity index (χ2v) is 9.27. The topological polar surface area (TPSA) is 58.9 Å². The summed E-state index contributed by atoms with van der Waals surface area (Å²) < 4.78 is 16.6. The number of carbonyl (C=O) groups excluding carboxylic acids is 1. The highest BCUT2D eigenvalue weighted by molar-refractivity contribution is 5.95. The molecule has 2 aromatic rings. The molecule has 0 spiro atoms. The lowest BCUT2D eigenvalue weighted by atomic mass is 9.85. The number of allylic oxidation sites excluding steroid dienone is 2. The zero-order chi connectivity index (χ0) is 22.8. The maximum absolute atomic E-state index is 14.6. The van der Waals surface area contributed by atoms with Crippen LogP contribution in [0.1, 0.15) is 56.7 Å². The third-order valence-corrected chi connectivity index (χ3v) is 5.81. The molecule has 0 radical (unpaired) electrons. The Morgan fingerprint density at radius 2 is 2.00 bits per heavy atom. The number of hydrogen-bond acceptors (Lipinski definition) is 3. The summed E-state index contributed by atoms with van der Waals surface area (Å²) in [6, 6.07) is 6.31. The molecule has 0 saturated carbocycles. The molecule has 1 aliphatic rings. The first-order chi connectivity index (χ1) is 14.6. The van der Waals surface area contributed by atoms with Crippen LogP contribution in [0.5, 0.6) is 0 Å². The molecule has 166 valence electrons. The number of amides is 1. The van der Waals surface area contributed by atoms with Crippen molar-refractivity contribution in [3.05, 3.63) is 65.4 Å². The van der Waals surface area contributed by atoms with E-state index in [9.17, 15) is 9.18 Å². The lowest BCUT2D eigenvalue weighted by molar-refractivity contribution is 0.0908. The Labute approximate surface area is 184 Å². The molecule has 2 heterocycles. The van der Waals surface area contributed by atoms with Crippen LogP contribution in [0.25, 0.3) is 11.4 Å². The van der Waals surface area contributed by atoms with Crippen LogP contribution in [0.15, 0.2) is 48.2 Å². The molecule has 3 rings (SSSR count). The van der Waals surface area contributed by atoms with E-state index >= 15 is 0 Å². The van der Waals surface area contributed by atoms with Gasteiger partial charge in [0.25, 0.3) is 5.91 Å². The fourth-order valence-electron chi connectivity index (χ4n) is 4.02. The summed E-state index contributed by atoms with van der Waals surface area (Å²) in [5.74, 6) is -0.104. The zero-order valence-electron chi connectivity index (χ0n) is 19.2. The Morgan fingerprint density at radius 3 is 2.65 bits per heavy atom. The average Bonchev–Trinajstić information content (AvgIpc) is 3.05. The van der Waals surface area contributed by atoms with Crippen molar-refractivity contribution in [1.29, 1.82) is 0 Å². The van der Waals surface area contributed by atoms with Gasteiger partial charge in [0, 0.05) is 25.7 Å². The Morgan fingerprint density at radius 1 is 1.29 bits per heavy atom. The van der Waals surface area contributed by atoms with Gasteiger partial charge in [-0.1, -0.05) is 51.1 Å². The number of fused-ring (bicyclic) bond motifs is 1.